The largest absolute Gasteiger partial charge is 0.308 e. The van der Waals surface area contributed by atoms with Crippen molar-refractivity contribution in [1.82, 2.24) is 9.80 Å². The SMILES string of the molecule is CC.CC#N.CC(C)N1CCN(C#N)CC1. The lowest BCUT2D eigenvalue weighted by molar-refractivity contribution is 0.142. The van der Waals surface area contributed by atoms with Crippen molar-refractivity contribution in [2.45, 2.75) is 40.7 Å². The van der Waals surface area contributed by atoms with Gasteiger partial charge in [0.15, 0.2) is 6.19 Å². The van der Waals surface area contributed by atoms with Crippen LogP contribution in [0.3, 0.4) is 0 Å². The molecule has 0 aromatic carbocycles. The molecule has 0 N–H and O–H groups in total. The van der Waals surface area contributed by atoms with E-state index in [1.807, 2.05) is 18.7 Å². The molecule has 0 aliphatic carbocycles. The van der Waals surface area contributed by atoms with Crippen LogP contribution in [0.1, 0.15) is 34.6 Å². The Kier molecular flexibility index (Phi) is 12.7. The zero-order chi connectivity index (χ0) is 13.0. The monoisotopic (exact) mass is 224 g/mol. The highest BCUT2D eigenvalue weighted by atomic mass is 15.3. The number of hydrogen-bond acceptors (Lipinski definition) is 4. The molecule has 0 spiro atoms. The highest BCUT2D eigenvalue weighted by molar-refractivity contribution is 4.81. The van der Waals surface area contributed by atoms with Gasteiger partial charge in [-0.05, 0) is 13.8 Å². The molecule has 0 saturated carbocycles. The van der Waals surface area contributed by atoms with Crippen LogP contribution in [0.5, 0.6) is 0 Å². The predicted molar refractivity (Wildman–Crippen MR) is 66.5 cm³/mol. The van der Waals surface area contributed by atoms with Crippen molar-refractivity contribution in [3.8, 4) is 12.3 Å². The fourth-order valence-corrected chi connectivity index (χ4v) is 1.34. The van der Waals surface area contributed by atoms with Crippen molar-refractivity contribution in [2.24, 2.45) is 0 Å². The van der Waals surface area contributed by atoms with Gasteiger partial charge in [-0.25, -0.2) is 0 Å². The molecule has 4 heteroatoms. The maximum atomic E-state index is 8.57. The van der Waals surface area contributed by atoms with Gasteiger partial charge in [-0.1, -0.05) is 13.8 Å². The van der Waals surface area contributed by atoms with Gasteiger partial charge >= 0.3 is 0 Å². The molecule has 0 amide bonds. The van der Waals surface area contributed by atoms with Crippen molar-refractivity contribution in [3.63, 3.8) is 0 Å². The molecule has 1 aliphatic heterocycles. The Balaban J connectivity index is 0. The Morgan fingerprint density at radius 3 is 1.62 bits per heavy atom. The minimum absolute atomic E-state index is 0.621. The summed E-state index contributed by atoms with van der Waals surface area (Å²) >= 11 is 0. The summed E-state index contributed by atoms with van der Waals surface area (Å²) < 4.78 is 0. The second-order valence-electron chi connectivity index (χ2n) is 3.44. The lowest BCUT2D eigenvalue weighted by Gasteiger charge is -2.34. The molecule has 1 aliphatic rings. The highest BCUT2D eigenvalue weighted by Gasteiger charge is 2.16. The van der Waals surface area contributed by atoms with Gasteiger partial charge in [-0.2, -0.15) is 10.5 Å². The van der Waals surface area contributed by atoms with Crippen LogP contribution in [0.2, 0.25) is 0 Å². The fourth-order valence-electron chi connectivity index (χ4n) is 1.34. The third-order valence-corrected chi connectivity index (χ3v) is 2.19. The molecule has 0 aromatic heterocycles. The van der Waals surface area contributed by atoms with E-state index in [4.69, 9.17) is 10.5 Å². The standard InChI is InChI=1S/C8H15N3.C2H3N.C2H6/c1-8(2)11-5-3-10(7-9)4-6-11;1-2-3;1-2/h8H,3-6H2,1-2H3;1H3;1-2H3. The summed E-state index contributed by atoms with van der Waals surface area (Å²) in [5, 5.41) is 15.9. The van der Waals surface area contributed by atoms with E-state index in [0.717, 1.165) is 26.2 Å². The Hall–Kier alpha value is -1.26. The van der Waals surface area contributed by atoms with E-state index >= 15 is 0 Å². The molecule has 4 nitrogen and oxygen atoms in total. The van der Waals surface area contributed by atoms with Gasteiger partial charge < -0.3 is 4.90 Å². The van der Waals surface area contributed by atoms with E-state index in [9.17, 15) is 0 Å². The molecular formula is C12H24N4. The van der Waals surface area contributed by atoms with Gasteiger partial charge in [0.05, 0.1) is 6.07 Å². The van der Waals surface area contributed by atoms with Gasteiger partial charge in [0.2, 0.25) is 0 Å². The minimum atomic E-state index is 0.621. The maximum Gasteiger partial charge on any atom is 0.179 e. The smallest absolute Gasteiger partial charge is 0.179 e. The number of nitriles is 2. The van der Waals surface area contributed by atoms with Gasteiger partial charge in [0.1, 0.15) is 0 Å². The summed E-state index contributed by atoms with van der Waals surface area (Å²) in [6, 6.07) is 2.37. The zero-order valence-corrected chi connectivity index (χ0v) is 11.2. The maximum absolute atomic E-state index is 8.57. The number of piperazine rings is 1. The molecule has 92 valence electrons. The molecule has 1 rings (SSSR count). The average molecular weight is 224 g/mol. The third-order valence-electron chi connectivity index (χ3n) is 2.19. The molecule has 1 saturated heterocycles. The Bertz CT molecular complexity index is 216. The first-order valence-electron chi connectivity index (χ1n) is 5.85. The van der Waals surface area contributed by atoms with Crippen molar-refractivity contribution >= 4 is 0 Å². The summed E-state index contributed by atoms with van der Waals surface area (Å²) in [7, 11) is 0. The van der Waals surface area contributed by atoms with E-state index in [1.165, 1.54) is 6.92 Å². The van der Waals surface area contributed by atoms with Gasteiger partial charge in [0, 0.05) is 39.1 Å². The number of rotatable bonds is 1. The van der Waals surface area contributed by atoms with Crippen LogP contribution in [0.25, 0.3) is 0 Å². The van der Waals surface area contributed by atoms with Crippen molar-refractivity contribution in [1.29, 1.82) is 10.5 Å². The van der Waals surface area contributed by atoms with E-state index in [-0.39, 0.29) is 0 Å². The zero-order valence-electron chi connectivity index (χ0n) is 11.2. The average Bonchev–Trinajstić information content (AvgIpc) is 2.33. The Morgan fingerprint density at radius 1 is 1.00 bits per heavy atom. The topological polar surface area (TPSA) is 54.1 Å². The number of nitrogens with zero attached hydrogens (tertiary/aromatic N) is 4. The van der Waals surface area contributed by atoms with Crippen molar-refractivity contribution in [3.05, 3.63) is 0 Å². The molecule has 1 fully saturated rings. The van der Waals surface area contributed by atoms with Crippen LogP contribution in [-0.4, -0.2) is 42.0 Å². The van der Waals surface area contributed by atoms with Gasteiger partial charge in [-0.3, -0.25) is 4.90 Å². The van der Waals surface area contributed by atoms with E-state index in [2.05, 4.69) is 24.9 Å². The normalized spacial score (nSPS) is 14.9. The molecule has 16 heavy (non-hydrogen) atoms. The lowest BCUT2D eigenvalue weighted by Crippen LogP contribution is -2.46. The molecular weight excluding hydrogens is 200 g/mol. The van der Waals surface area contributed by atoms with Crippen LogP contribution in [0.15, 0.2) is 0 Å². The third kappa shape index (κ3) is 8.08. The molecule has 1 heterocycles. The van der Waals surface area contributed by atoms with Crippen LogP contribution in [0, 0.1) is 22.8 Å². The minimum Gasteiger partial charge on any atom is -0.308 e. The Morgan fingerprint density at radius 2 is 1.38 bits per heavy atom. The van der Waals surface area contributed by atoms with Crippen LogP contribution >= 0.6 is 0 Å². The fraction of sp³-hybridized carbons (Fsp3) is 0.833. The second kappa shape index (κ2) is 11.8. The summed E-state index contributed by atoms with van der Waals surface area (Å²) in [5.41, 5.74) is 0. The van der Waals surface area contributed by atoms with Crippen molar-refractivity contribution in [2.75, 3.05) is 26.2 Å². The summed E-state index contributed by atoms with van der Waals surface area (Å²) in [6.07, 6.45) is 2.17. The van der Waals surface area contributed by atoms with Crippen LogP contribution < -0.4 is 0 Å². The molecule has 0 radical (unpaired) electrons. The highest BCUT2D eigenvalue weighted by Crippen LogP contribution is 2.03. The predicted octanol–water partition coefficient (Wildman–Crippen LogP) is 2.05. The van der Waals surface area contributed by atoms with E-state index in [1.54, 1.807) is 6.07 Å². The summed E-state index contributed by atoms with van der Waals surface area (Å²) in [6.45, 7) is 13.7. The first-order chi connectivity index (χ1) is 7.65. The van der Waals surface area contributed by atoms with Crippen LogP contribution in [0.4, 0.5) is 0 Å². The molecule has 0 bridgehead atoms. The quantitative estimate of drug-likeness (QED) is 0.640. The van der Waals surface area contributed by atoms with Crippen LogP contribution in [-0.2, 0) is 0 Å². The second-order valence-corrected chi connectivity index (χ2v) is 3.44. The number of hydrogen-bond donors (Lipinski definition) is 0. The lowest BCUT2D eigenvalue weighted by atomic mass is 10.2. The first-order valence-corrected chi connectivity index (χ1v) is 5.85. The molecule has 0 aromatic rings. The summed E-state index contributed by atoms with van der Waals surface area (Å²) in [4.78, 5) is 4.22. The van der Waals surface area contributed by atoms with Gasteiger partial charge in [0.25, 0.3) is 0 Å². The van der Waals surface area contributed by atoms with E-state index < -0.39 is 0 Å². The van der Waals surface area contributed by atoms with Crippen molar-refractivity contribution < 1.29 is 0 Å². The molecule has 0 unspecified atom stereocenters. The Labute approximate surface area is 100 Å². The van der Waals surface area contributed by atoms with E-state index in [0.29, 0.717) is 6.04 Å². The molecule has 0 atom stereocenters. The van der Waals surface area contributed by atoms with Gasteiger partial charge in [-0.15, -0.1) is 0 Å². The summed E-state index contributed by atoms with van der Waals surface area (Å²) in [5.74, 6) is 0. The first kappa shape index (κ1) is 17.1.